The first kappa shape index (κ1) is 17.1. The molecule has 0 aliphatic heterocycles. The van der Waals surface area contributed by atoms with E-state index in [-0.39, 0.29) is 11.6 Å². The zero-order valence-corrected chi connectivity index (χ0v) is 14.9. The Kier molecular flexibility index (Phi) is 4.50. The third kappa shape index (κ3) is 3.49. The van der Waals surface area contributed by atoms with Gasteiger partial charge in [0.2, 0.25) is 0 Å². The third-order valence-corrected chi connectivity index (χ3v) is 4.63. The van der Waals surface area contributed by atoms with Crippen LogP contribution in [0.2, 0.25) is 0 Å². The van der Waals surface area contributed by atoms with E-state index >= 15 is 0 Å². The maximum Gasteiger partial charge on any atom is 0.125 e. The summed E-state index contributed by atoms with van der Waals surface area (Å²) in [4.78, 5) is 4.23. The summed E-state index contributed by atoms with van der Waals surface area (Å²) in [6.07, 6.45) is 4.89. The number of benzene rings is 2. The van der Waals surface area contributed by atoms with Crippen LogP contribution >= 0.6 is 0 Å². The van der Waals surface area contributed by atoms with Crippen molar-refractivity contribution in [2.45, 2.75) is 19.8 Å². The lowest BCUT2D eigenvalue weighted by Gasteiger charge is -2.11. The van der Waals surface area contributed by atoms with E-state index in [4.69, 9.17) is 0 Å². The minimum atomic E-state index is -0.240. The van der Waals surface area contributed by atoms with E-state index < -0.39 is 0 Å². The normalized spacial score (nSPS) is 11.0. The second-order valence-corrected chi connectivity index (χ2v) is 6.56. The number of halogens is 1. The second-order valence-electron chi connectivity index (χ2n) is 6.56. The van der Waals surface area contributed by atoms with Crippen LogP contribution in [-0.4, -0.2) is 20.3 Å². The van der Waals surface area contributed by atoms with E-state index in [0.29, 0.717) is 17.7 Å². The van der Waals surface area contributed by atoms with Gasteiger partial charge in [0.05, 0.1) is 5.69 Å². The summed E-state index contributed by atoms with van der Waals surface area (Å²) in [6.45, 7) is 1.93. The Morgan fingerprint density at radius 1 is 0.926 bits per heavy atom. The molecule has 27 heavy (non-hydrogen) atoms. The monoisotopic (exact) mass is 359 g/mol. The van der Waals surface area contributed by atoms with E-state index in [9.17, 15) is 9.50 Å². The van der Waals surface area contributed by atoms with Crippen molar-refractivity contribution in [3.8, 4) is 17.0 Å². The van der Waals surface area contributed by atoms with Gasteiger partial charge in [0, 0.05) is 28.7 Å². The Hall–Kier alpha value is -3.34. The molecule has 0 radical (unpaired) electrons. The van der Waals surface area contributed by atoms with E-state index in [1.807, 2.05) is 25.1 Å². The highest BCUT2D eigenvalue weighted by Crippen LogP contribution is 2.33. The smallest absolute Gasteiger partial charge is 0.125 e. The lowest BCUT2D eigenvalue weighted by molar-refractivity contribution is 0.476. The quantitative estimate of drug-likeness (QED) is 0.577. The van der Waals surface area contributed by atoms with Crippen LogP contribution in [0.15, 0.2) is 60.9 Å². The molecular weight excluding hydrogens is 341 g/mol. The molecule has 1 N–H and O–H groups in total. The predicted molar refractivity (Wildman–Crippen MR) is 103 cm³/mol. The van der Waals surface area contributed by atoms with E-state index in [0.717, 1.165) is 34.0 Å². The molecule has 5 heteroatoms. The average Bonchev–Trinajstić information content (AvgIpc) is 2.68. The molecule has 0 bridgehead atoms. The van der Waals surface area contributed by atoms with Crippen molar-refractivity contribution in [2.75, 3.05) is 0 Å². The summed E-state index contributed by atoms with van der Waals surface area (Å²) in [5.74, 6) is -0.0584. The number of rotatable bonds is 4. The summed E-state index contributed by atoms with van der Waals surface area (Å²) in [6, 6.07) is 13.9. The number of phenolic OH excluding ortho intramolecular Hbond substituents is 1. The molecule has 0 fully saturated rings. The standard InChI is InChI=1S/C22H18FN3O/c1-14-2-8-18(21(27)12-14)22-17-10-11-24-13-19(17)20(25-26-22)9-5-15-3-6-16(23)7-4-15/h2-4,6-8,10-13,27H,5,9H2,1H3. The van der Waals surface area contributed by atoms with E-state index in [2.05, 4.69) is 15.2 Å². The number of pyridine rings is 1. The van der Waals surface area contributed by atoms with Crippen molar-refractivity contribution in [2.24, 2.45) is 0 Å². The number of hydrogen-bond acceptors (Lipinski definition) is 4. The highest BCUT2D eigenvalue weighted by atomic mass is 19.1. The fourth-order valence-electron chi connectivity index (χ4n) is 3.19. The molecule has 134 valence electrons. The SMILES string of the molecule is Cc1ccc(-c2nnc(CCc3ccc(F)cc3)c3cnccc23)c(O)c1. The van der Waals surface area contributed by atoms with Crippen LogP contribution in [-0.2, 0) is 12.8 Å². The van der Waals surface area contributed by atoms with Gasteiger partial charge in [-0.2, -0.15) is 5.10 Å². The first-order valence-electron chi connectivity index (χ1n) is 8.75. The van der Waals surface area contributed by atoms with Crippen molar-refractivity contribution >= 4 is 10.8 Å². The molecule has 4 rings (SSSR count). The lowest BCUT2D eigenvalue weighted by Crippen LogP contribution is -2.01. The van der Waals surface area contributed by atoms with Crippen molar-refractivity contribution in [1.29, 1.82) is 0 Å². The summed E-state index contributed by atoms with van der Waals surface area (Å²) >= 11 is 0. The van der Waals surface area contributed by atoms with Gasteiger partial charge < -0.3 is 5.11 Å². The van der Waals surface area contributed by atoms with Gasteiger partial charge in [-0.05, 0) is 61.2 Å². The van der Waals surface area contributed by atoms with Gasteiger partial charge >= 0.3 is 0 Å². The number of aryl methyl sites for hydroxylation is 3. The minimum Gasteiger partial charge on any atom is -0.507 e. The van der Waals surface area contributed by atoms with Gasteiger partial charge in [0.1, 0.15) is 17.3 Å². The molecule has 0 spiro atoms. The van der Waals surface area contributed by atoms with Gasteiger partial charge in [-0.1, -0.05) is 18.2 Å². The van der Waals surface area contributed by atoms with Crippen LogP contribution in [0.4, 0.5) is 4.39 Å². The van der Waals surface area contributed by atoms with Crippen molar-refractivity contribution in [3.05, 3.63) is 83.6 Å². The van der Waals surface area contributed by atoms with Crippen LogP contribution in [0.3, 0.4) is 0 Å². The van der Waals surface area contributed by atoms with Crippen LogP contribution in [0.25, 0.3) is 22.0 Å². The highest BCUT2D eigenvalue weighted by molar-refractivity contribution is 5.96. The largest absolute Gasteiger partial charge is 0.507 e. The molecule has 2 aromatic heterocycles. The molecule has 0 unspecified atom stereocenters. The van der Waals surface area contributed by atoms with Crippen LogP contribution in [0.1, 0.15) is 16.8 Å². The summed E-state index contributed by atoms with van der Waals surface area (Å²) in [5, 5.41) is 20.9. The Bertz CT molecular complexity index is 1110. The molecule has 0 amide bonds. The van der Waals surface area contributed by atoms with Crippen molar-refractivity contribution < 1.29 is 9.50 Å². The van der Waals surface area contributed by atoms with Crippen LogP contribution in [0.5, 0.6) is 5.75 Å². The fourth-order valence-corrected chi connectivity index (χ4v) is 3.19. The van der Waals surface area contributed by atoms with Crippen LogP contribution in [0, 0.1) is 12.7 Å². The fraction of sp³-hybridized carbons (Fsp3) is 0.136. The summed E-state index contributed by atoms with van der Waals surface area (Å²) in [5.41, 5.74) is 4.13. The average molecular weight is 359 g/mol. The first-order chi connectivity index (χ1) is 13.1. The molecule has 4 aromatic rings. The number of aromatic hydroxyl groups is 1. The number of nitrogens with zero attached hydrogens (tertiary/aromatic N) is 3. The topological polar surface area (TPSA) is 58.9 Å². The first-order valence-corrected chi connectivity index (χ1v) is 8.75. The molecule has 4 nitrogen and oxygen atoms in total. The maximum absolute atomic E-state index is 13.1. The molecule has 0 aliphatic carbocycles. The van der Waals surface area contributed by atoms with E-state index in [1.54, 1.807) is 30.6 Å². The minimum absolute atomic E-state index is 0.182. The summed E-state index contributed by atoms with van der Waals surface area (Å²) in [7, 11) is 0. The van der Waals surface area contributed by atoms with Gasteiger partial charge in [0.25, 0.3) is 0 Å². The molecular formula is C22H18FN3O. The van der Waals surface area contributed by atoms with Gasteiger partial charge in [0.15, 0.2) is 0 Å². The Morgan fingerprint density at radius 2 is 1.74 bits per heavy atom. The van der Waals surface area contributed by atoms with Crippen LogP contribution < -0.4 is 0 Å². The maximum atomic E-state index is 13.1. The van der Waals surface area contributed by atoms with Gasteiger partial charge in [-0.25, -0.2) is 4.39 Å². The Morgan fingerprint density at radius 3 is 2.52 bits per heavy atom. The third-order valence-electron chi connectivity index (χ3n) is 4.63. The molecule has 0 saturated heterocycles. The number of fused-ring (bicyclic) bond motifs is 1. The molecule has 0 atom stereocenters. The zero-order valence-electron chi connectivity index (χ0n) is 14.9. The zero-order chi connectivity index (χ0) is 18.8. The number of aromatic nitrogens is 3. The van der Waals surface area contributed by atoms with Crippen molar-refractivity contribution in [3.63, 3.8) is 0 Å². The molecule has 0 aliphatic rings. The number of phenols is 1. The molecule has 2 heterocycles. The molecule has 0 saturated carbocycles. The van der Waals surface area contributed by atoms with Gasteiger partial charge in [-0.15, -0.1) is 5.10 Å². The Balaban J connectivity index is 1.73. The molecule has 2 aromatic carbocycles. The lowest BCUT2D eigenvalue weighted by atomic mass is 10.0. The Labute approximate surface area is 156 Å². The van der Waals surface area contributed by atoms with Crippen molar-refractivity contribution in [1.82, 2.24) is 15.2 Å². The van der Waals surface area contributed by atoms with Gasteiger partial charge in [-0.3, -0.25) is 4.98 Å². The number of hydrogen-bond donors (Lipinski definition) is 1. The highest BCUT2D eigenvalue weighted by Gasteiger charge is 2.14. The summed E-state index contributed by atoms with van der Waals surface area (Å²) < 4.78 is 13.1. The second kappa shape index (κ2) is 7.11. The van der Waals surface area contributed by atoms with E-state index in [1.165, 1.54) is 12.1 Å². The predicted octanol–water partition coefficient (Wildman–Crippen LogP) is 4.63.